The molecular formula is C32H36N4O3. The van der Waals surface area contributed by atoms with Gasteiger partial charge in [0.15, 0.2) is 5.66 Å². The lowest BCUT2D eigenvalue weighted by Gasteiger charge is -2.53. The molecule has 4 unspecified atom stereocenters. The quantitative estimate of drug-likeness (QED) is 0.357. The van der Waals surface area contributed by atoms with E-state index in [4.69, 9.17) is 0 Å². The Morgan fingerprint density at radius 2 is 1.74 bits per heavy atom. The van der Waals surface area contributed by atoms with Crippen LogP contribution in [0, 0.1) is 5.41 Å². The van der Waals surface area contributed by atoms with Crippen LogP contribution in [0.2, 0.25) is 0 Å². The summed E-state index contributed by atoms with van der Waals surface area (Å²) < 4.78 is 0. The number of aromatic amines is 1. The van der Waals surface area contributed by atoms with E-state index in [1.807, 2.05) is 68.5 Å². The molecule has 202 valence electrons. The van der Waals surface area contributed by atoms with Crippen LogP contribution in [0.4, 0.5) is 5.69 Å². The van der Waals surface area contributed by atoms with E-state index in [0.717, 1.165) is 27.8 Å². The molecule has 39 heavy (non-hydrogen) atoms. The molecule has 4 atom stereocenters. The molecule has 2 aromatic carbocycles. The third-order valence-electron chi connectivity index (χ3n) is 9.42. The maximum Gasteiger partial charge on any atom is 0.248 e. The Morgan fingerprint density at radius 1 is 1.05 bits per heavy atom. The van der Waals surface area contributed by atoms with Gasteiger partial charge in [-0.15, -0.1) is 13.2 Å². The van der Waals surface area contributed by atoms with Gasteiger partial charge in [0.1, 0.15) is 17.7 Å². The summed E-state index contributed by atoms with van der Waals surface area (Å²) in [5.74, 6) is -0.483. The Balaban J connectivity index is 1.48. The third-order valence-corrected chi connectivity index (χ3v) is 9.42. The number of amides is 2. The lowest BCUT2D eigenvalue weighted by atomic mass is 9.68. The Labute approximate surface area is 229 Å². The number of rotatable bonds is 6. The molecule has 3 aromatic rings. The van der Waals surface area contributed by atoms with Crippen LogP contribution in [-0.4, -0.2) is 44.6 Å². The van der Waals surface area contributed by atoms with E-state index in [9.17, 15) is 14.7 Å². The number of nitrogens with zero attached hydrogens (tertiary/aromatic N) is 1. The maximum absolute atomic E-state index is 14.5. The first-order chi connectivity index (χ1) is 18.4. The first kappa shape index (κ1) is 25.4. The number of anilines is 1. The molecule has 1 aromatic heterocycles. The van der Waals surface area contributed by atoms with Gasteiger partial charge in [-0.3, -0.25) is 9.59 Å². The molecule has 0 saturated carbocycles. The van der Waals surface area contributed by atoms with E-state index in [-0.39, 0.29) is 23.7 Å². The Bertz CT molecular complexity index is 1550. The van der Waals surface area contributed by atoms with Crippen LogP contribution in [0.5, 0.6) is 0 Å². The second kappa shape index (κ2) is 8.09. The molecule has 6 rings (SSSR count). The largest absolute Gasteiger partial charge is 0.380 e. The molecule has 3 aliphatic heterocycles. The molecule has 3 aliphatic rings. The second-order valence-corrected chi connectivity index (χ2v) is 12.3. The van der Waals surface area contributed by atoms with Crippen LogP contribution in [-0.2, 0) is 27.0 Å². The zero-order chi connectivity index (χ0) is 28.0. The molecule has 0 spiro atoms. The van der Waals surface area contributed by atoms with Gasteiger partial charge in [0, 0.05) is 51.5 Å². The highest BCUT2D eigenvalue weighted by Gasteiger charge is 2.75. The predicted molar refractivity (Wildman–Crippen MR) is 153 cm³/mol. The minimum atomic E-state index is -1.48. The van der Waals surface area contributed by atoms with Crippen LogP contribution >= 0.6 is 0 Å². The summed E-state index contributed by atoms with van der Waals surface area (Å²) >= 11 is 0. The molecule has 2 saturated heterocycles. The summed E-state index contributed by atoms with van der Waals surface area (Å²) in [5, 5.41) is 20.0. The molecule has 2 fully saturated rings. The molecule has 7 heteroatoms. The fourth-order valence-corrected chi connectivity index (χ4v) is 7.15. The van der Waals surface area contributed by atoms with Gasteiger partial charge in [-0.05, 0) is 17.7 Å². The summed E-state index contributed by atoms with van der Waals surface area (Å²) in [6.45, 7) is 16.2. The van der Waals surface area contributed by atoms with Crippen molar-refractivity contribution in [2.45, 2.75) is 69.3 Å². The number of H-pyrrole nitrogens is 1. The highest BCUT2D eigenvalue weighted by molar-refractivity contribution is 6.00. The molecule has 4 N–H and O–H groups in total. The van der Waals surface area contributed by atoms with E-state index in [1.165, 1.54) is 0 Å². The maximum atomic E-state index is 14.5. The van der Waals surface area contributed by atoms with Gasteiger partial charge < -0.3 is 25.6 Å². The van der Waals surface area contributed by atoms with Crippen molar-refractivity contribution in [3.8, 4) is 0 Å². The lowest BCUT2D eigenvalue weighted by Crippen LogP contribution is -2.73. The minimum Gasteiger partial charge on any atom is -0.380 e. The first-order valence-corrected chi connectivity index (χ1v) is 13.5. The van der Waals surface area contributed by atoms with Crippen LogP contribution in [0.15, 0.2) is 73.8 Å². The molecule has 4 heterocycles. The van der Waals surface area contributed by atoms with E-state index >= 15 is 0 Å². The Hall–Kier alpha value is -3.84. The summed E-state index contributed by atoms with van der Waals surface area (Å²) in [6.07, 6.45) is 4.06. The van der Waals surface area contributed by atoms with Crippen LogP contribution < -0.4 is 10.6 Å². The molecular weight excluding hydrogens is 488 g/mol. The molecule has 0 aliphatic carbocycles. The number of para-hydroxylation sites is 2. The van der Waals surface area contributed by atoms with E-state index < -0.39 is 28.8 Å². The summed E-state index contributed by atoms with van der Waals surface area (Å²) in [6, 6.07) is 13.9. The number of aromatic nitrogens is 1. The SMILES string of the molecule is C=CC(C)(C)c1[nH]c2ccccc2c1CC1NC(=O)C2CC3(O)c4ccccc4NC3(C(C)(C)C=C)N2C1=O. The van der Waals surface area contributed by atoms with Gasteiger partial charge in [-0.1, -0.05) is 76.2 Å². The highest BCUT2D eigenvalue weighted by atomic mass is 16.3. The lowest BCUT2D eigenvalue weighted by molar-refractivity contribution is -0.161. The summed E-state index contributed by atoms with van der Waals surface area (Å²) in [5.41, 5.74) is 0.426. The molecule has 0 bridgehead atoms. The van der Waals surface area contributed by atoms with Crippen molar-refractivity contribution in [1.82, 2.24) is 15.2 Å². The van der Waals surface area contributed by atoms with Crippen molar-refractivity contribution < 1.29 is 14.7 Å². The van der Waals surface area contributed by atoms with Crippen LogP contribution in [0.25, 0.3) is 10.9 Å². The van der Waals surface area contributed by atoms with Gasteiger partial charge in [0.25, 0.3) is 0 Å². The van der Waals surface area contributed by atoms with E-state index in [1.54, 1.807) is 11.0 Å². The van der Waals surface area contributed by atoms with E-state index in [0.29, 0.717) is 12.0 Å². The molecule has 2 amide bonds. The average molecular weight is 525 g/mol. The van der Waals surface area contributed by atoms with Crippen LogP contribution in [0.3, 0.4) is 0 Å². The second-order valence-electron chi connectivity index (χ2n) is 12.3. The number of allylic oxidation sites excluding steroid dienone is 1. The number of hydrogen-bond acceptors (Lipinski definition) is 4. The number of benzene rings is 2. The monoisotopic (exact) mass is 524 g/mol. The average Bonchev–Trinajstić information content (AvgIpc) is 3.51. The number of hydrogen-bond donors (Lipinski definition) is 4. The van der Waals surface area contributed by atoms with Gasteiger partial charge in [0.05, 0.1) is 0 Å². The normalized spacial score (nSPS) is 28.0. The summed E-state index contributed by atoms with van der Waals surface area (Å²) in [4.78, 5) is 33.4. The van der Waals surface area contributed by atoms with Crippen molar-refractivity contribution in [1.29, 1.82) is 0 Å². The van der Waals surface area contributed by atoms with Crippen molar-refractivity contribution >= 4 is 28.4 Å². The smallest absolute Gasteiger partial charge is 0.248 e. The molecule has 0 radical (unpaired) electrons. The zero-order valence-corrected chi connectivity index (χ0v) is 23.0. The van der Waals surface area contributed by atoms with Crippen molar-refractivity contribution in [2.24, 2.45) is 5.41 Å². The van der Waals surface area contributed by atoms with Crippen molar-refractivity contribution in [3.63, 3.8) is 0 Å². The Morgan fingerprint density at radius 3 is 2.46 bits per heavy atom. The van der Waals surface area contributed by atoms with Gasteiger partial charge in [0.2, 0.25) is 11.8 Å². The van der Waals surface area contributed by atoms with Crippen molar-refractivity contribution in [3.05, 3.63) is 90.7 Å². The fourth-order valence-electron chi connectivity index (χ4n) is 7.15. The molecule has 7 nitrogen and oxygen atoms in total. The fraction of sp³-hybridized carbons (Fsp3) is 0.375. The Kier molecular flexibility index (Phi) is 5.27. The van der Waals surface area contributed by atoms with Gasteiger partial charge in [-0.25, -0.2) is 0 Å². The number of aliphatic hydroxyl groups is 1. The first-order valence-electron chi connectivity index (χ1n) is 13.5. The van der Waals surface area contributed by atoms with Crippen LogP contribution in [0.1, 0.15) is 50.9 Å². The van der Waals surface area contributed by atoms with Gasteiger partial charge >= 0.3 is 0 Å². The number of carbonyl (C=O) groups is 2. The minimum absolute atomic E-state index is 0.0976. The topological polar surface area (TPSA) is 97.5 Å². The number of fused-ring (bicyclic) bond motifs is 6. The highest BCUT2D eigenvalue weighted by Crippen LogP contribution is 2.62. The number of carbonyl (C=O) groups excluding carboxylic acids is 2. The van der Waals surface area contributed by atoms with Crippen molar-refractivity contribution in [2.75, 3.05) is 5.32 Å². The number of nitrogens with one attached hydrogen (secondary N) is 3. The number of piperazine rings is 1. The van der Waals surface area contributed by atoms with E-state index in [2.05, 4.69) is 42.6 Å². The predicted octanol–water partition coefficient (Wildman–Crippen LogP) is 4.50. The zero-order valence-electron chi connectivity index (χ0n) is 23.0. The van der Waals surface area contributed by atoms with Gasteiger partial charge in [-0.2, -0.15) is 0 Å². The summed E-state index contributed by atoms with van der Waals surface area (Å²) in [7, 11) is 0. The standard InChI is InChI=1S/C32H36N4O3/c1-7-29(3,4)26-20(19-13-9-11-15-22(19)33-26)17-24-28(38)36-25(27(37)34-24)18-31(39)21-14-10-12-16-23(21)35-32(31,36)30(5,6)8-2/h7-16,24-25,33,35,39H,1-2,17-18H2,3-6H3,(H,34,37). The third kappa shape index (κ3) is 3.13.